The third kappa shape index (κ3) is 1.95. The Morgan fingerprint density at radius 1 is 1.50 bits per heavy atom. The van der Waals surface area contributed by atoms with E-state index in [1.807, 2.05) is 6.07 Å². The molecule has 0 atom stereocenters. The van der Waals surface area contributed by atoms with Gasteiger partial charge in [0.1, 0.15) is 17.6 Å². The van der Waals surface area contributed by atoms with Crippen LogP contribution in [-0.4, -0.2) is 23.9 Å². The summed E-state index contributed by atoms with van der Waals surface area (Å²) in [6.45, 7) is -0.0218. The molecule has 0 saturated heterocycles. The number of nitrogens with zero attached hydrogens (tertiary/aromatic N) is 1. The monoisotopic (exact) mass is 193 g/mol. The number of aromatic hydroxyl groups is 1. The predicted octanol–water partition coefficient (Wildman–Crippen LogP) is 0.807. The van der Waals surface area contributed by atoms with E-state index in [4.69, 9.17) is 15.1 Å². The largest absolute Gasteiger partial charge is 0.506 e. The van der Waals surface area contributed by atoms with E-state index < -0.39 is 0 Å². The number of benzene rings is 1. The van der Waals surface area contributed by atoms with Crippen LogP contribution in [0.1, 0.15) is 11.1 Å². The highest BCUT2D eigenvalue weighted by Crippen LogP contribution is 2.27. The molecule has 0 amide bonds. The van der Waals surface area contributed by atoms with Crippen LogP contribution in [0.25, 0.3) is 0 Å². The number of ether oxygens (including phenoxy) is 1. The van der Waals surface area contributed by atoms with Crippen LogP contribution < -0.4 is 4.74 Å². The Labute approximate surface area is 82.0 Å². The van der Waals surface area contributed by atoms with Gasteiger partial charge in [0.25, 0.3) is 0 Å². The molecule has 0 fully saturated rings. The van der Waals surface area contributed by atoms with Crippen molar-refractivity contribution in [3.8, 4) is 17.6 Å². The van der Waals surface area contributed by atoms with Gasteiger partial charge in [0.2, 0.25) is 0 Å². The minimum Gasteiger partial charge on any atom is -0.506 e. The molecule has 0 radical (unpaired) electrons. The van der Waals surface area contributed by atoms with E-state index in [0.717, 1.165) is 0 Å². The standard InChI is InChI=1S/C10H11NO3/c1-14-10-5-9(13)8(6-11)4-7(10)2-3-12/h4-5,12-13H,2-3H2,1H3. The lowest BCUT2D eigenvalue weighted by atomic mass is 10.1. The number of phenols is 1. The Kier molecular flexibility index (Phi) is 3.32. The van der Waals surface area contributed by atoms with Gasteiger partial charge in [-0.2, -0.15) is 5.26 Å². The van der Waals surface area contributed by atoms with E-state index in [2.05, 4.69) is 0 Å². The van der Waals surface area contributed by atoms with Crippen molar-refractivity contribution < 1.29 is 14.9 Å². The van der Waals surface area contributed by atoms with E-state index in [-0.39, 0.29) is 17.9 Å². The van der Waals surface area contributed by atoms with E-state index in [1.54, 1.807) is 0 Å². The second-order valence-corrected chi connectivity index (χ2v) is 2.77. The van der Waals surface area contributed by atoms with Crippen molar-refractivity contribution in [1.82, 2.24) is 0 Å². The van der Waals surface area contributed by atoms with Gasteiger partial charge in [-0.15, -0.1) is 0 Å². The normalized spacial score (nSPS) is 9.50. The Hall–Kier alpha value is -1.73. The average Bonchev–Trinajstić information content (AvgIpc) is 2.20. The van der Waals surface area contributed by atoms with Crippen LogP contribution in [0.5, 0.6) is 11.5 Å². The number of nitriles is 1. The zero-order valence-corrected chi connectivity index (χ0v) is 7.82. The number of hydrogen-bond donors (Lipinski definition) is 2. The fourth-order valence-corrected chi connectivity index (χ4v) is 1.21. The first kappa shape index (κ1) is 10.4. The Balaban J connectivity index is 3.19. The van der Waals surface area contributed by atoms with Crippen LogP contribution in [0.15, 0.2) is 12.1 Å². The average molecular weight is 193 g/mol. The van der Waals surface area contributed by atoms with Gasteiger partial charge in [0.05, 0.1) is 12.7 Å². The lowest BCUT2D eigenvalue weighted by molar-refractivity contribution is 0.296. The summed E-state index contributed by atoms with van der Waals surface area (Å²) in [7, 11) is 1.47. The highest BCUT2D eigenvalue weighted by molar-refractivity contribution is 5.51. The first-order valence-electron chi connectivity index (χ1n) is 4.13. The lowest BCUT2D eigenvalue weighted by Crippen LogP contribution is -1.96. The van der Waals surface area contributed by atoms with Crippen molar-refractivity contribution >= 4 is 0 Å². The van der Waals surface area contributed by atoms with Gasteiger partial charge < -0.3 is 14.9 Å². The third-order valence-corrected chi connectivity index (χ3v) is 1.90. The van der Waals surface area contributed by atoms with Gasteiger partial charge in [0, 0.05) is 12.7 Å². The van der Waals surface area contributed by atoms with Crippen molar-refractivity contribution in [3.63, 3.8) is 0 Å². The second kappa shape index (κ2) is 4.49. The molecule has 0 bridgehead atoms. The number of aliphatic hydroxyl groups is 1. The zero-order valence-electron chi connectivity index (χ0n) is 7.82. The molecule has 0 aromatic heterocycles. The maximum atomic E-state index is 9.35. The molecule has 1 aromatic carbocycles. The fraction of sp³-hybridized carbons (Fsp3) is 0.300. The van der Waals surface area contributed by atoms with Crippen molar-refractivity contribution in [2.24, 2.45) is 0 Å². The molecule has 14 heavy (non-hydrogen) atoms. The summed E-state index contributed by atoms with van der Waals surface area (Å²) in [5.74, 6) is 0.376. The molecule has 0 aliphatic rings. The first-order valence-corrected chi connectivity index (χ1v) is 4.13. The molecule has 0 saturated carbocycles. The van der Waals surface area contributed by atoms with E-state index in [0.29, 0.717) is 17.7 Å². The maximum absolute atomic E-state index is 9.35. The van der Waals surface area contributed by atoms with Gasteiger partial charge in [-0.3, -0.25) is 0 Å². The SMILES string of the molecule is COc1cc(O)c(C#N)cc1CCO. The van der Waals surface area contributed by atoms with Crippen molar-refractivity contribution in [1.29, 1.82) is 5.26 Å². The van der Waals surface area contributed by atoms with Gasteiger partial charge in [-0.05, 0) is 18.1 Å². The second-order valence-electron chi connectivity index (χ2n) is 2.77. The minimum atomic E-state index is -0.106. The summed E-state index contributed by atoms with van der Waals surface area (Å²) in [5.41, 5.74) is 0.901. The number of methoxy groups -OCH3 is 1. The molecule has 1 aromatic rings. The smallest absolute Gasteiger partial charge is 0.137 e. The van der Waals surface area contributed by atoms with Crippen molar-refractivity contribution in [2.45, 2.75) is 6.42 Å². The Morgan fingerprint density at radius 2 is 2.21 bits per heavy atom. The maximum Gasteiger partial charge on any atom is 0.137 e. The molecule has 0 aliphatic carbocycles. The summed E-state index contributed by atoms with van der Waals surface area (Å²) in [6.07, 6.45) is 0.401. The van der Waals surface area contributed by atoms with Crippen LogP contribution >= 0.6 is 0 Å². The molecular formula is C10H11NO3. The number of phenolic OH excluding ortho intramolecular Hbond substituents is 1. The van der Waals surface area contributed by atoms with Gasteiger partial charge in [-0.25, -0.2) is 0 Å². The van der Waals surface area contributed by atoms with Crippen molar-refractivity contribution in [3.05, 3.63) is 23.3 Å². The summed E-state index contributed by atoms with van der Waals surface area (Å²) in [4.78, 5) is 0. The topological polar surface area (TPSA) is 73.5 Å². The summed E-state index contributed by atoms with van der Waals surface area (Å²) < 4.78 is 5.00. The van der Waals surface area contributed by atoms with Crippen LogP contribution in [0, 0.1) is 11.3 Å². The molecule has 0 heterocycles. The molecule has 0 aliphatic heterocycles. The van der Waals surface area contributed by atoms with E-state index in [1.165, 1.54) is 19.2 Å². The molecule has 2 N–H and O–H groups in total. The molecule has 4 heteroatoms. The number of rotatable bonds is 3. The quantitative estimate of drug-likeness (QED) is 0.744. The van der Waals surface area contributed by atoms with Crippen LogP contribution in [0.3, 0.4) is 0 Å². The molecule has 0 unspecified atom stereocenters. The molecule has 0 spiro atoms. The predicted molar refractivity (Wildman–Crippen MR) is 50.2 cm³/mol. The molecular weight excluding hydrogens is 182 g/mol. The van der Waals surface area contributed by atoms with Gasteiger partial charge >= 0.3 is 0 Å². The van der Waals surface area contributed by atoms with E-state index >= 15 is 0 Å². The van der Waals surface area contributed by atoms with Crippen molar-refractivity contribution in [2.75, 3.05) is 13.7 Å². The van der Waals surface area contributed by atoms with Crippen LogP contribution in [0.2, 0.25) is 0 Å². The summed E-state index contributed by atoms with van der Waals surface area (Å²) >= 11 is 0. The van der Waals surface area contributed by atoms with E-state index in [9.17, 15) is 5.11 Å². The summed E-state index contributed by atoms with van der Waals surface area (Å²) in [5, 5.41) is 26.8. The fourth-order valence-electron chi connectivity index (χ4n) is 1.21. The molecule has 1 rings (SSSR count). The Morgan fingerprint density at radius 3 is 2.71 bits per heavy atom. The lowest BCUT2D eigenvalue weighted by Gasteiger charge is -2.08. The zero-order chi connectivity index (χ0) is 10.6. The van der Waals surface area contributed by atoms with Crippen LogP contribution in [-0.2, 0) is 6.42 Å². The molecule has 74 valence electrons. The highest BCUT2D eigenvalue weighted by atomic mass is 16.5. The summed E-state index contributed by atoms with van der Waals surface area (Å²) in [6, 6.07) is 4.75. The first-order chi connectivity index (χ1) is 6.72. The molecule has 4 nitrogen and oxygen atoms in total. The van der Waals surface area contributed by atoms with Crippen LogP contribution in [0.4, 0.5) is 0 Å². The third-order valence-electron chi connectivity index (χ3n) is 1.90. The number of hydrogen-bond acceptors (Lipinski definition) is 4. The van der Waals surface area contributed by atoms with Gasteiger partial charge in [0.15, 0.2) is 0 Å². The Bertz CT molecular complexity index is 368. The number of aliphatic hydroxyl groups excluding tert-OH is 1. The van der Waals surface area contributed by atoms with Gasteiger partial charge in [-0.1, -0.05) is 0 Å². The highest BCUT2D eigenvalue weighted by Gasteiger charge is 2.08. The minimum absolute atomic E-state index is 0.0218.